The molecule has 0 aromatic carbocycles. The number of sulfone groups is 1. The number of ether oxygens (including phenoxy) is 2. The minimum atomic E-state index is -3.66. The molecule has 0 saturated heterocycles. The molecule has 3 aromatic rings. The minimum Gasteiger partial charge on any atom is -0.379 e. The molecule has 0 spiro atoms. The minimum absolute atomic E-state index is 0.176. The zero-order chi connectivity index (χ0) is 26.7. The van der Waals surface area contributed by atoms with E-state index in [-0.39, 0.29) is 24.0 Å². The average molecular weight is 529 g/mol. The summed E-state index contributed by atoms with van der Waals surface area (Å²) >= 11 is 0. The van der Waals surface area contributed by atoms with Crippen LogP contribution >= 0.6 is 0 Å². The molecule has 0 bridgehead atoms. The quantitative estimate of drug-likeness (QED) is 0.410. The lowest BCUT2D eigenvalue weighted by atomic mass is 9.89. The van der Waals surface area contributed by atoms with E-state index < -0.39 is 21.0 Å². The number of aryl methyl sites for hydroxylation is 2. The summed E-state index contributed by atoms with van der Waals surface area (Å²) in [6.07, 6.45) is 9.15. The van der Waals surface area contributed by atoms with Crippen LogP contribution in [-0.4, -0.2) is 69.8 Å². The molecule has 3 aromatic heterocycles. The Bertz CT molecular complexity index is 1300. The molecule has 10 nitrogen and oxygen atoms in total. The van der Waals surface area contributed by atoms with E-state index >= 15 is 0 Å². The molecule has 1 saturated carbocycles. The van der Waals surface area contributed by atoms with Gasteiger partial charge in [-0.15, -0.1) is 10.2 Å². The van der Waals surface area contributed by atoms with Gasteiger partial charge in [-0.3, -0.25) is 4.98 Å². The number of hydrogen-bond donors (Lipinski definition) is 0. The second-order valence-electron chi connectivity index (χ2n) is 9.95. The van der Waals surface area contributed by atoms with Gasteiger partial charge in [-0.1, -0.05) is 6.92 Å². The lowest BCUT2D eigenvalue weighted by Gasteiger charge is -2.38. The van der Waals surface area contributed by atoms with Gasteiger partial charge < -0.3 is 14.0 Å². The SMILES string of the molecule is CO[C@H]1CCC[C@@H](OC)C1n1c(CS(=O)(=O)[C@@H](C)[C@H](C)c2ncc(C)cn2)nnc1-c1cncc(C)c1. The number of hydrogen-bond acceptors (Lipinski definition) is 9. The number of aromatic nitrogens is 6. The highest BCUT2D eigenvalue weighted by molar-refractivity contribution is 7.91. The Labute approximate surface area is 218 Å². The van der Waals surface area contributed by atoms with Crippen LogP contribution in [0.3, 0.4) is 0 Å². The van der Waals surface area contributed by atoms with Gasteiger partial charge in [0.15, 0.2) is 15.7 Å². The maximum atomic E-state index is 13.7. The Balaban J connectivity index is 1.76. The molecule has 200 valence electrons. The third kappa shape index (κ3) is 5.73. The van der Waals surface area contributed by atoms with Crippen molar-refractivity contribution in [3.63, 3.8) is 0 Å². The van der Waals surface area contributed by atoms with E-state index in [1.807, 2.05) is 31.4 Å². The molecular formula is C26H36N6O4S. The number of methoxy groups -OCH3 is 2. The summed E-state index contributed by atoms with van der Waals surface area (Å²) in [7, 11) is -0.305. The summed E-state index contributed by atoms with van der Waals surface area (Å²) in [6.45, 7) is 7.39. The van der Waals surface area contributed by atoms with E-state index in [0.717, 1.165) is 36.0 Å². The van der Waals surface area contributed by atoms with E-state index in [9.17, 15) is 8.42 Å². The molecule has 1 aliphatic carbocycles. The molecule has 0 aliphatic heterocycles. The first-order valence-electron chi connectivity index (χ1n) is 12.6. The smallest absolute Gasteiger partial charge is 0.166 e. The zero-order valence-corrected chi connectivity index (χ0v) is 23.1. The average Bonchev–Trinajstić information content (AvgIpc) is 3.29. The molecular weight excluding hydrogens is 492 g/mol. The van der Waals surface area contributed by atoms with Crippen LogP contribution in [-0.2, 0) is 25.1 Å². The standard InChI is InChI=1S/C26H36N6O4S/c1-16-10-20(14-27-11-16)26-31-30-23(32(26)24-21(35-5)8-7-9-22(24)36-6)15-37(33,34)19(4)18(3)25-28-12-17(2)13-29-25/h10-14,18-19,21-22,24H,7-9,15H2,1-6H3/t18-,19-,21-,22+,24?/m0/s1. The molecule has 1 aliphatic rings. The van der Waals surface area contributed by atoms with Crippen LogP contribution in [0, 0.1) is 13.8 Å². The summed E-state index contributed by atoms with van der Waals surface area (Å²) in [5, 5.41) is 8.15. The Morgan fingerprint density at radius 3 is 2.22 bits per heavy atom. The van der Waals surface area contributed by atoms with Crippen LogP contribution in [0.1, 0.15) is 67.8 Å². The van der Waals surface area contributed by atoms with Gasteiger partial charge >= 0.3 is 0 Å². The summed E-state index contributed by atoms with van der Waals surface area (Å²) in [5.74, 6) is 0.743. The summed E-state index contributed by atoms with van der Waals surface area (Å²) in [6, 6.07) is 1.69. The third-order valence-electron chi connectivity index (χ3n) is 7.35. The molecule has 37 heavy (non-hydrogen) atoms. The highest BCUT2D eigenvalue weighted by Gasteiger charge is 2.40. The van der Waals surface area contributed by atoms with Gasteiger partial charge in [0.05, 0.1) is 23.5 Å². The number of nitrogens with zero attached hydrogens (tertiary/aromatic N) is 6. The Morgan fingerprint density at radius 1 is 0.973 bits per heavy atom. The molecule has 5 atom stereocenters. The second-order valence-corrected chi connectivity index (χ2v) is 12.3. The van der Waals surface area contributed by atoms with Crippen molar-refractivity contribution in [2.45, 2.75) is 82.1 Å². The Kier molecular flexibility index (Phi) is 8.35. The van der Waals surface area contributed by atoms with Gasteiger partial charge in [-0.25, -0.2) is 18.4 Å². The summed E-state index contributed by atoms with van der Waals surface area (Å²) < 4.78 is 41.1. The van der Waals surface area contributed by atoms with Crippen LogP contribution in [0.15, 0.2) is 30.9 Å². The molecule has 3 heterocycles. The van der Waals surface area contributed by atoms with Crippen LogP contribution in [0.5, 0.6) is 0 Å². The molecule has 4 rings (SSSR count). The van der Waals surface area contributed by atoms with Crippen molar-refractivity contribution in [2.24, 2.45) is 0 Å². The Hall–Kier alpha value is -2.76. The Morgan fingerprint density at radius 2 is 1.62 bits per heavy atom. The van der Waals surface area contributed by atoms with Gasteiger partial charge in [0, 0.05) is 50.5 Å². The first kappa shape index (κ1) is 27.3. The fourth-order valence-corrected chi connectivity index (χ4v) is 6.59. The highest BCUT2D eigenvalue weighted by atomic mass is 32.2. The van der Waals surface area contributed by atoms with Gasteiger partial charge in [-0.05, 0) is 57.2 Å². The van der Waals surface area contributed by atoms with Crippen molar-refractivity contribution in [3.8, 4) is 11.4 Å². The summed E-state index contributed by atoms with van der Waals surface area (Å²) in [4.78, 5) is 13.0. The molecule has 11 heteroatoms. The first-order chi connectivity index (χ1) is 17.7. The first-order valence-corrected chi connectivity index (χ1v) is 14.3. The predicted octanol–water partition coefficient (Wildman–Crippen LogP) is 3.61. The van der Waals surface area contributed by atoms with E-state index in [2.05, 4.69) is 25.1 Å². The maximum Gasteiger partial charge on any atom is 0.166 e. The highest BCUT2D eigenvalue weighted by Crippen LogP contribution is 2.37. The van der Waals surface area contributed by atoms with Crippen LogP contribution < -0.4 is 0 Å². The van der Waals surface area contributed by atoms with E-state index in [0.29, 0.717) is 17.5 Å². The van der Waals surface area contributed by atoms with E-state index in [1.54, 1.807) is 45.9 Å². The van der Waals surface area contributed by atoms with Crippen LogP contribution in [0.2, 0.25) is 0 Å². The largest absolute Gasteiger partial charge is 0.379 e. The van der Waals surface area contributed by atoms with E-state index in [1.165, 1.54) is 0 Å². The van der Waals surface area contributed by atoms with Crippen molar-refractivity contribution < 1.29 is 17.9 Å². The predicted molar refractivity (Wildman–Crippen MR) is 140 cm³/mol. The molecule has 1 unspecified atom stereocenters. The molecule has 0 amide bonds. The van der Waals surface area contributed by atoms with Crippen molar-refractivity contribution in [1.29, 1.82) is 0 Å². The number of rotatable bonds is 9. The lowest BCUT2D eigenvalue weighted by molar-refractivity contribution is -0.0561. The van der Waals surface area contributed by atoms with Gasteiger partial charge in [-0.2, -0.15) is 0 Å². The van der Waals surface area contributed by atoms with Crippen molar-refractivity contribution in [2.75, 3.05) is 14.2 Å². The van der Waals surface area contributed by atoms with Gasteiger partial charge in [0.2, 0.25) is 0 Å². The number of pyridine rings is 1. The molecule has 0 radical (unpaired) electrons. The van der Waals surface area contributed by atoms with Crippen molar-refractivity contribution in [3.05, 3.63) is 53.6 Å². The topological polar surface area (TPSA) is 122 Å². The monoisotopic (exact) mass is 528 g/mol. The van der Waals surface area contributed by atoms with E-state index in [4.69, 9.17) is 9.47 Å². The zero-order valence-electron chi connectivity index (χ0n) is 22.3. The van der Waals surface area contributed by atoms with Gasteiger partial charge in [0.25, 0.3) is 0 Å². The normalized spacial score (nSPS) is 22.1. The molecule has 1 fully saturated rings. The maximum absolute atomic E-state index is 13.7. The second kappa shape index (κ2) is 11.3. The van der Waals surface area contributed by atoms with Crippen LogP contribution in [0.25, 0.3) is 11.4 Å². The fourth-order valence-electron chi connectivity index (χ4n) is 5.03. The fraction of sp³-hybridized carbons (Fsp3) is 0.577. The lowest BCUT2D eigenvalue weighted by Crippen LogP contribution is -2.41. The van der Waals surface area contributed by atoms with Crippen LogP contribution in [0.4, 0.5) is 0 Å². The van der Waals surface area contributed by atoms with Crippen molar-refractivity contribution in [1.82, 2.24) is 29.7 Å². The van der Waals surface area contributed by atoms with Crippen molar-refractivity contribution >= 4 is 9.84 Å². The summed E-state index contributed by atoms with van der Waals surface area (Å²) in [5.41, 5.74) is 2.66. The third-order valence-corrected chi connectivity index (χ3v) is 9.55. The van der Waals surface area contributed by atoms with Gasteiger partial charge in [0.1, 0.15) is 17.4 Å². The molecule has 0 N–H and O–H groups in total.